The van der Waals surface area contributed by atoms with E-state index in [1.54, 1.807) is 6.08 Å². The third-order valence-corrected chi connectivity index (χ3v) is 15.5. The lowest BCUT2D eigenvalue weighted by Crippen LogP contribution is -2.45. The third kappa shape index (κ3) is 62.6. The van der Waals surface area contributed by atoms with Crippen LogP contribution in [-0.2, 0) is 14.3 Å². The minimum absolute atomic E-state index is 0.00832. The van der Waals surface area contributed by atoms with Crippen LogP contribution >= 0.6 is 0 Å². The van der Waals surface area contributed by atoms with Crippen molar-refractivity contribution in [2.75, 3.05) is 13.2 Å². The Kier molecular flexibility index (Phi) is 64.0. The SMILES string of the molecule is CCCC/C=C\C/C=C\CCCCCCCC(=O)OCCCCCCCCCCC/C=C\C/C=C\CCCCCCCCCC(=O)NC(CO)C(O)/C=C/CCCCCCCCCCCCCCCCCCCCCCC. The van der Waals surface area contributed by atoms with Gasteiger partial charge in [0.15, 0.2) is 0 Å². The quantitative estimate of drug-likeness (QED) is 0.0320. The van der Waals surface area contributed by atoms with Crippen molar-refractivity contribution in [2.45, 2.75) is 366 Å². The van der Waals surface area contributed by atoms with Gasteiger partial charge in [0.25, 0.3) is 0 Å². The average Bonchev–Trinajstić information content (AvgIpc) is 3.43. The summed E-state index contributed by atoms with van der Waals surface area (Å²) in [4.78, 5) is 24.6. The van der Waals surface area contributed by atoms with E-state index in [1.165, 1.54) is 257 Å². The zero-order valence-electron chi connectivity index (χ0n) is 51.4. The highest BCUT2D eigenvalue weighted by Gasteiger charge is 2.18. The fraction of sp³-hybridized carbons (Fsp3) is 0.831. The normalized spacial score (nSPS) is 12.9. The Morgan fingerprint density at radius 1 is 0.364 bits per heavy atom. The van der Waals surface area contributed by atoms with E-state index in [0.29, 0.717) is 19.4 Å². The van der Waals surface area contributed by atoms with Crippen molar-refractivity contribution in [3.8, 4) is 0 Å². The van der Waals surface area contributed by atoms with Gasteiger partial charge < -0.3 is 20.3 Å². The Morgan fingerprint density at radius 3 is 1.03 bits per heavy atom. The van der Waals surface area contributed by atoms with Crippen molar-refractivity contribution in [2.24, 2.45) is 0 Å². The number of esters is 1. The van der Waals surface area contributed by atoms with Gasteiger partial charge in [-0.15, -0.1) is 0 Å². The van der Waals surface area contributed by atoms with Crippen molar-refractivity contribution < 1.29 is 24.5 Å². The summed E-state index contributed by atoms with van der Waals surface area (Å²) in [5, 5.41) is 23.2. The van der Waals surface area contributed by atoms with Crippen LogP contribution in [0.1, 0.15) is 354 Å². The lowest BCUT2D eigenvalue weighted by atomic mass is 10.0. The Bertz CT molecular complexity index is 1340. The molecular weight excluding hydrogens is 947 g/mol. The minimum Gasteiger partial charge on any atom is -0.466 e. The molecule has 450 valence electrons. The molecule has 0 rings (SSSR count). The molecule has 0 aliphatic rings. The lowest BCUT2D eigenvalue weighted by Gasteiger charge is -2.20. The van der Waals surface area contributed by atoms with E-state index in [-0.39, 0.29) is 18.5 Å². The number of carbonyl (C=O) groups excluding carboxylic acids is 2. The Balaban J connectivity index is 3.49. The van der Waals surface area contributed by atoms with Crippen molar-refractivity contribution >= 4 is 11.9 Å². The smallest absolute Gasteiger partial charge is 0.305 e. The molecule has 0 aromatic rings. The van der Waals surface area contributed by atoms with Gasteiger partial charge in [0.2, 0.25) is 5.91 Å². The number of carbonyl (C=O) groups is 2. The largest absolute Gasteiger partial charge is 0.466 e. The molecule has 3 N–H and O–H groups in total. The maximum atomic E-state index is 12.5. The number of hydrogen-bond acceptors (Lipinski definition) is 5. The molecular formula is C71H131NO5. The van der Waals surface area contributed by atoms with Gasteiger partial charge in [0, 0.05) is 12.8 Å². The number of unbranched alkanes of at least 4 members (excludes halogenated alkanes) is 44. The standard InChI is InChI=1S/C71H131NO5/c1-3-5-7-9-11-13-15-17-19-20-21-22-24-27-30-33-36-39-43-47-51-55-59-63-69(74)68(67-73)72-70(75)64-60-56-52-48-44-40-37-34-31-28-25-23-26-29-32-35-38-42-46-50-54-58-62-66-77-71(76)65-61-57-53-49-45-41-18-16-14-12-10-8-6-4-2/h10,12,16,18,23,26,28,31,59,63,68-69,73-74H,3-9,11,13-15,17,19-22,24-25,27,29-30,32-58,60-62,64-67H2,1-2H3,(H,72,75)/b12-10-,18-16-,26-23-,31-28-,63-59+. The first-order valence-electron chi connectivity index (χ1n) is 34.1. The average molecular weight is 1080 g/mol. The fourth-order valence-corrected chi connectivity index (χ4v) is 10.3. The van der Waals surface area contributed by atoms with Crippen LogP contribution in [0.4, 0.5) is 0 Å². The van der Waals surface area contributed by atoms with Crippen LogP contribution in [0.3, 0.4) is 0 Å². The molecule has 0 fully saturated rings. The summed E-state index contributed by atoms with van der Waals surface area (Å²) in [7, 11) is 0. The molecule has 0 spiro atoms. The number of hydrogen-bond donors (Lipinski definition) is 3. The zero-order chi connectivity index (χ0) is 55.7. The van der Waals surface area contributed by atoms with Crippen molar-refractivity contribution in [1.82, 2.24) is 5.32 Å². The Morgan fingerprint density at radius 2 is 0.662 bits per heavy atom. The summed E-state index contributed by atoms with van der Waals surface area (Å²) in [5.74, 6) is -0.0845. The van der Waals surface area contributed by atoms with Crippen LogP contribution in [0.2, 0.25) is 0 Å². The molecule has 77 heavy (non-hydrogen) atoms. The summed E-state index contributed by atoms with van der Waals surface area (Å²) >= 11 is 0. The first-order chi connectivity index (χ1) is 38.0. The number of aliphatic hydroxyl groups excluding tert-OH is 2. The second-order valence-electron chi connectivity index (χ2n) is 23.1. The van der Waals surface area contributed by atoms with Gasteiger partial charge >= 0.3 is 5.97 Å². The second kappa shape index (κ2) is 66.1. The maximum absolute atomic E-state index is 12.5. The highest BCUT2D eigenvalue weighted by Crippen LogP contribution is 2.17. The van der Waals surface area contributed by atoms with Gasteiger partial charge in [-0.25, -0.2) is 0 Å². The van der Waals surface area contributed by atoms with Gasteiger partial charge in [-0.05, 0) is 89.9 Å². The van der Waals surface area contributed by atoms with Crippen LogP contribution in [0.5, 0.6) is 0 Å². The molecule has 0 aromatic carbocycles. The molecule has 0 aliphatic heterocycles. The molecule has 2 unspecified atom stereocenters. The number of rotatable bonds is 63. The number of aliphatic hydroxyl groups is 2. The monoisotopic (exact) mass is 1080 g/mol. The first kappa shape index (κ1) is 74.6. The molecule has 0 saturated carbocycles. The van der Waals surface area contributed by atoms with Crippen LogP contribution in [0.25, 0.3) is 0 Å². The van der Waals surface area contributed by atoms with Gasteiger partial charge in [-0.1, -0.05) is 312 Å². The van der Waals surface area contributed by atoms with E-state index in [9.17, 15) is 19.8 Å². The molecule has 0 aromatic heterocycles. The molecule has 0 saturated heterocycles. The van der Waals surface area contributed by atoms with Gasteiger partial charge in [-0.2, -0.15) is 0 Å². The summed E-state index contributed by atoms with van der Waals surface area (Å²) in [6, 6.07) is -0.638. The predicted molar refractivity (Wildman–Crippen MR) is 338 cm³/mol. The number of allylic oxidation sites excluding steroid dienone is 9. The summed E-state index contributed by atoms with van der Waals surface area (Å²) < 4.78 is 5.47. The van der Waals surface area contributed by atoms with E-state index in [4.69, 9.17) is 4.74 Å². The lowest BCUT2D eigenvalue weighted by molar-refractivity contribution is -0.143. The van der Waals surface area contributed by atoms with Gasteiger partial charge in [0.05, 0.1) is 25.4 Å². The van der Waals surface area contributed by atoms with E-state index in [0.717, 1.165) is 70.6 Å². The number of nitrogens with one attached hydrogen (secondary N) is 1. The highest BCUT2D eigenvalue weighted by atomic mass is 16.5. The van der Waals surface area contributed by atoms with Crippen molar-refractivity contribution in [3.63, 3.8) is 0 Å². The van der Waals surface area contributed by atoms with E-state index in [2.05, 4.69) is 67.8 Å². The number of ether oxygens (including phenoxy) is 1. The predicted octanol–water partition coefficient (Wildman–Crippen LogP) is 21.9. The molecule has 0 aliphatic carbocycles. The van der Waals surface area contributed by atoms with Gasteiger partial charge in [0.1, 0.15) is 0 Å². The summed E-state index contributed by atoms with van der Waals surface area (Å²) in [6.45, 7) is 4.87. The van der Waals surface area contributed by atoms with Crippen molar-refractivity contribution in [3.05, 3.63) is 60.8 Å². The van der Waals surface area contributed by atoms with Gasteiger partial charge in [-0.3, -0.25) is 9.59 Å². The highest BCUT2D eigenvalue weighted by molar-refractivity contribution is 5.76. The Hall–Kier alpha value is -2.44. The third-order valence-electron chi connectivity index (χ3n) is 15.5. The Labute approximate surface area is 479 Å². The zero-order valence-corrected chi connectivity index (χ0v) is 51.4. The number of amides is 1. The van der Waals surface area contributed by atoms with E-state index < -0.39 is 12.1 Å². The topological polar surface area (TPSA) is 95.9 Å². The summed E-state index contributed by atoms with van der Waals surface area (Å²) in [6.07, 6.45) is 87.1. The molecule has 0 heterocycles. The van der Waals surface area contributed by atoms with E-state index in [1.807, 2.05) is 6.08 Å². The van der Waals surface area contributed by atoms with Crippen LogP contribution in [0.15, 0.2) is 60.8 Å². The fourth-order valence-electron chi connectivity index (χ4n) is 10.3. The van der Waals surface area contributed by atoms with Crippen LogP contribution in [0, 0.1) is 0 Å². The van der Waals surface area contributed by atoms with Crippen LogP contribution < -0.4 is 5.32 Å². The molecule has 0 radical (unpaired) electrons. The van der Waals surface area contributed by atoms with Crippen molar-refractivity contribution in [1.29, 1.82) is 0 Å². The van der Waals surface area contributed by atoms with Crippen LogP contribution in [-0.4, -0.2) is 47.4 Å². The van der Waals surface area contributed by atoms with E-state index >= 15 is 0 Å². The molecule has 2 atom stereocenters. The minimum atomic E-state index is -0.854. The second-order valence-corrected chi connectivity index (χ2v) is 23.1. The molecule has 0 bridgehead atoms. The maximum Gasteiger partial charge on any atom is 0.305 e. The summed E-state index contributed by atoms with van der Waals surface area (Å²) in [5.41, 5.74) is 0. The molecule has 6 nitrogen and oxygen atoms in total. The molecule has 1 amide bonds. The molecule has 6 heteroatoms. The first-order valence-corrected chi connectivity index (χ1v) is 34.1.